The fourth-order valence-electron chi connectivity index (χ4n) is 9.88. The molecule has 59 heavy (non-hydrogen) atoms. The van der Waals surface area contributed by atoms with Crippen molar-refractivity contribution >= 4 is 76.2 Å². The Hall–Kier alpha value is -7.63. The number of hydrogen-bond donors (Lipinski definition) is 0. The molecule has 0 fully saturated rings. The molecule has 1 aliphatic carbocycles. The molecule has 0 saturated heterocycles. The summed E-state index contributed by atoms with van der Waals surface area (Å²) in [7, 11) is 0. The summed E-state index contributed by atoms with van der Waals surface area (Å²) >= 11 is 0. The minimum Gasteiger partial charge on any atom is -0.456 e. The Balaban J connectivity index is 1.10. The van der Waals surface area contributed by atoms with E-state index in [1.165, 1.54) is 38.4 Å². The van der Waals surface area contributed by atoms with E-state index < -0.39 is 0 Å². The molecule has 13 rings (SSSR count). The predicted molar refractivity (Wildman–Crippen MR) is 241 cm³/mol. The zero-order valence-corrected chi connectivity index (χ0v) is 32.2. The molecule has 0 amide bonds. The van der Waals surface area contributed by atoms with Gasteiger partial charge in [0.2, 0.25) is 0 Å². The van der Waals surface area contributed by atoms with Crippen LogP contribution in [-0.2, 0) is 5.41 Å². The van der Waals surface area contributed by atoms with Gasteiger partial charge in [-0.05, 0) is 91.6 Å². The van der Waals surface area contributed by atoms with E-state index in [9.17, 15) is 0 Å². The summed E-state index contributed by atoms with van der Waals surface area (Å²) in [5.41, 5.74) is 11.0. The third-order valence-corrected chi connectivity index (χ3v) is 12.7. The van der Waals surface area contributed by atoms with Crippen molar-refractivity contribution in [1.82, 2.24) is 15.0 Å². The second-order valence-electron chi connectivity index (χ2n) is 16.3. The Morgan fingerprint density at radius 2 is 1.00 bits per heavy atom. The Bertz CT molecular complexity index is 3780. The Morgan fingerprint density at radius 1 is 0.356 bits per heavy atom. The van der Waals surface area contributed by atoms with E-state index >= 15 is 0 Å². The minimum absolute atomic E-state index is 0.143. The maximum Gasteiger partial charge on any atom is 0.164 e. The zero-order chi connectivity index (χ0) is 39.0. The van der Waals surface area contributed by atoms with Crippen LogP contribution in [0.3, 0.4) is 0 Å². The predicted octanol–water partition coefficient (Wildman–Crippen LogP) is 14.4. The lowest BCUT2D eigenvalue weighted by Crippen LogP contribution is -2.14. The van der Waals surface area contributed by atoms with Gasteiger partial charge in [0.05, 0.1) is 0 Å². The maximum absolute atomic E-state index is 6.70. The lowest BCUT2D eigenvalue weighted by molar-refractivity contribution is 0.647. The first-order chi connectivity index (χ1) is 29.0. The van der Waals surface area contributed by atoms with Gasteiger partial charge in [0.25, 0.3) is 0 Å². The number of benzene rings is 9. The second kappa shape index (κ2) is 11.7. The summed E-state index contributed by atoms with van der Waals surface area (Å²) in [6, 6.07) is 57.7. The highest BCUT2D eigenvalue weighted by Crippen LogP contribution is 2.51. The van der Waals surface area contributed by atoms with E-state index in [0.29, 0.717) is 17.5 Å². The molecular weight excluding hydrogens is 723 g/mol. The molecule has 3 heterocycles. The Labute approximate surface area is 338 Å². The summed E-state index contributed by atoms with van der Waals surface area (Å²) in [6.45, 7) is 4.60. The molecule has 5 heteroatoms. The molecule has 0 N–H and O–H groups in total. The average Bonchev–Trinajstić information content (AvgIpc) is 3.92. The highest BCUT2D eigenvalue weighted by molar-refractivity contribution is 6.21. The van der Waals surface area contributed by atoms with Gasteiger partial charge in [-0.3, -0.25) is 0 Å². The lowest BCUT2D eigenvalue weighted by Gasteiger charge is -2.21. The molecular formula is C54H33N3O2. The van der Waals surface area contributed by atoms with Crippen molar-refractivity contribution in [3.8, 4) is 45.3 Å². The van der Waals surface area contributed by atoms with Crippen LogP contribution in [0.5, 0.6) is 0 Å². The van der Waals surface area contributed by atoms with Crippen LogP contribution in [0.4, 0.5) is 0 Å². The first kappa shape index (κ1) is 32.5. The molecule has 5 nitrogen and oxygen atoms in total. The number of para-hydroxylation sites is 1. The van der Waals surface area contributed by atoms with Crippen molar-refractivity contribution in [2.75, 3.05) is 0 Å². The largest absolute Gasteiger partial charge is 0.456 e. The summed E-state index contributed by atoms with van der Waals surface area (Å²) in [5.74, 6) is 1.77. The summed E-state index contributed by atoms with van der Waals surface area (Å²) in [5, 5.41) is 11.1. The molecule has 3 aromatic heterocycles. The zero-order valence-electron chi connectivity index (χ0n) is 32.2. The number of hydrogen-bond acceptors (Lipinski definition) is 5. The fourth-order valence-corrected chi connectivity index (χ4v) is 9.88. The topological polar surface area (TPSA) is 65.0 Å². The molecule has 1 aliphatic rings. The smallest absolute Gasteiger partial charge is 0.164 e. The molecule has 9 aromatic carbocycles. The van der Waals surface area contributed by atoms with Crippen molar-refractivity contribution in [2.45, 2.75) is 19.3 Å². The SMILES string of the molecule is CC1(C)c2ccccc2-c2cc3c(cc21)oc1cccc(-c2nc(-c4ccc5oc6ccccc6c5c4)nc(-c4cccc5ccc6c7ccccc7ccc6c45)n2)c13. The number of furan rings is 2. The Morgan fingerprint density at radius 3 is 1.90 bits per heavy atom. The molecule has 0 aliphatic heterocycles. The molecule has 0 radical (unpaired) electrons. The van der Waals surface area contributed by atoms with E-state index in [1.807, 2.05) is 36.4 Å². The van der Waals surface area contributed by atoms with Crippen molar-refractivity contribution in [1.29, 1.82) is 0 Å². The number of nitrogens with zero attached hydrogens (tertiary/aromatic N) is 3. The van der Waals surface area contributed by atoms with E-state index in [4.69, 9.17) is 23.8 Å². The van der Waals surface area contributed by atoms with Crippen LogP contribution in [0.2, 0.25) is 0 Å². The molecule has 276 valence electrons. The van der Waals surface area contributed by atoms with Crippen LogP contribution < -0.4 is 0 Å². The quantitative estimate of drug-likeness (QED) is 0.168. The maximum atomic E-state index is 6.70. The van der Waals surface area contributed by atoms with E-state index in [-0.39, 0.29) is 5.41 Å². The molecule has 0 unspecified atom stereocenters. The van der Waals surface area contributed by atoms with E-state index in [1.54, 1.807) is 0 Å². The van der Waals surface area contributed by atoms with Gasteiger partial charge < -0.3 is 8.83 Å². The van der Waals surface area contributed by atoms with Gasteiger partial charge in [0, 0.05) is 49.0 Å². The third-order valence-electron chi connectivity index (χ3n) is 12.7. The lowest BCUT2D eigenvalue weighted by atomic mass is 9.82. The van der Waals surface area contributed by atoms with Crippen molar-refractivity contribution in [2.24, 2.45) is 0 Å². The summed E-state index contributed by atoms with van der Waals surface area (Å²) in [4.78, 5) is 16.1. The van der Waals surface area contributed by atoms with Gasteiger partial charge in [-0.1, -0.05) is 135 Å². The third kappa shape index (κ3) is 4.58. The number of aromatic nitrogens is 3. The van der Waals surface area contributed by atoms with Crippen LogP contribution in [0.25, 0.3) is 121 Å². The van der Waals surface area contributed by atoms with Crippen LogP contribution in [0.15, 0.2) is 173 Å². The van der Waals surface area contributed by atoms with Crippen molar-refractivity contribution in [3.05, 3.63) is 175 Å². The number of fused-ring (bicyclic) bond motifs is 14. The van der Waals surface area contributed by atoms with Gasteiger partial charge in [-0.25, -0.2) is 15.0 Å². The van der Waals surface area contributed by atoms with Gasteiger partial charge in [-0.15, -0.1) is 0 Å². The molecule has 0 saturated carbocycles. The molecule has 0 bridgehead atoms. The van der Waals surface area contributed by atoms with Gasteiger partial charge in [0.15, 0.2) is 17.5 Å². The standard InChI is InChI=1S/C54H33N3O2/c1-54(2)43-18-7-5-14-35(43)40-28-42-48(29-44(40)54)59-47-20-10-17-39(50(42)47)53-56-51(32-23-26-46-41(27-32)36-15-6-8-19-45(36)58-46)55-52(57-53)38-16-9-12-31-22-24-34-33-13-4-3-11-30(33)21-25-37(34)49(31)38/h3-29H,1-2H3. The summed E-state index contributed by atoms with van der Waals surface area (Å²) < 4.78 is 12.9. The first-order valence-corrected chi connectivity index (χ1v) is 20.1. The second-order valence-corrected chi connectivity index (χ2v) is 16.3. The normalized spacial score (nSPS) is 13.4. The number of rotatable bonds is 3. The van der Waals surface area contributed by atoms with Crippen LogP contribution in [0, 0.1) is 0 Å². The van der Waals surface area contributed by atoms with Crippen molar-refractivity contribution in [3.63, 3.8) is 0 Å². The first-order valence-electron chi connectivity index (χ1n) is 20.1. The average molecular weight is 756 g/mol. The van der Waals surface area contributed by atoms with Gasteiger partial charge in [0.1, 0.15) is 22.3 Å². The van der Waals surface area contributed by atoms with Gasteiger partial charge in [-0.2, -0.15) is 0 Å². The van der Waals surface area contributed by atoms with Gasteiger partial charge >= 0.3 is 0 Å². The van der Waals surface area contributed by atoms with E-state index in [0.717, 1.165) is 76.7 Å². The monoisotopic (exact) mass is 755 g/mol. The van der Waals surface area contributed by atoms with E-state index in [2.05, 4.69) is 141 Å². The van der Waals surface area contributed by atoms with Crippen LogP contribution >= 0.6 is 0 Å². The molecule has 12 aromatic rings. The molecule has 0 spiro atoms. The Kier molecular flexibility index (Phi) is 6.44. The highest BCUT2D eigenvalue weighted by atomic mass is 16.3. The summed E-state index contributed by atoms with van der Waals surface area (Å²) in [6.07, 6.45) is 0. The van der Waals surface area contributed by atoms with Crippen LogP contribution in [-0.4, -0.2) is 15.0 Å². The molecule has 0 atom stereocenters. The van der Waals surface area contributed by atoms with Crippen molar-refractivity contribution < 1.29 is 8.83 Å². The van der Waals surface area contributed by atoms with Crippen LogP contribution in [0.1, 0.15) is 25.0 Å². The fraction of sp³-hybridized carbons (Fsp3) is 0.0556. The minimum atomic E-state index is -0.143. The highest BCUT2D eigenvalue weighted by Gasteiger charge is 2.36.